The Balaban J connectivity index is 1.63. The predicted molar refractivity (Wildman–Crippen MR) is 68.7 cm³/mol. The Morgan fingerprint density at radius 3 is 2.28 bits per heavy atom. The second-order valence-electron chi connectivity index (χ2n) is 6.85. The highest BCUT2D eigenvalue weighted by Gasteiger charge is 2.51. The summed E-state index contributed by atoms with van der Waals surface area (Å²) in [4.78, 5) is 4.36. The highest BCUT2D eigenvalue weighted by atomic mass is 16.3. The molecule has 4 saturated carbocycles. The van der Waals surface area contributed by atoms with Crippen molar-refractivity contribution in [2.45, 2.75) is 38.2 Å². The van der Waals surface area contributed by atoms with Gasteiger partial charge in [-0.2, -0.15) is 0 Å². The molecule has 4 aliphatic rings. The van der Waals surface area contributed by atoms with Crippen LogP contribution in [0.5, 0.6) is 0 Å². The number of hydrogen-bond acceptors (Lipinski definition) is 2. The first-order valence-corrected chi connectivity index (χ1v) is 7.37. The molecule has 1 N–H and O–H groups in total. The van der Waals surface area contributed by atoms with E-state index in [1.807, 2.05) is 17.8 Å². The maximum Gasteiger partial charge on any atom is 0.137 e. The van der Waals surface area contributed by atoms with Crippen LogP contribution < -0.4 is 0 Å². The highest BCUT2D eigenvalue weighted by Crippen LogP contribution is 2.59. The van der Waals surface area contributed by atoms with Gasteiger partial charge in [0.25, 0.3) is 0 Å². The number of hydrogen-bond donors (Lipinski definition) is 1. The lowest BCUT2D eigenvalue weighted by molar-refractivity contribution is -0.0937. The van der Waals surface area contributed by atoms with Crippen LogP contribution in [0, 0.1) is 29.6 Å². The average molecular weight is 246 g/mol. The summed E-state index contributed by atoms with van der Waals surface area (Å²) < 4.78 is 1.98. The van der Waals surface area contributed by atoms with Crippen LogP contribution >= 0.6 is 0 Å². The van der Waals surface area contributed by atoms with Crippen molar-refractivity contribution >= 4 is 0 Å². The molecular weight excluding hydrogens is 224 g/mol. The lowest BCUT2D eigenvalue weighted by atomic mass is 9.51. The Morgan fingerprint density at radius 1 is 1.17 bits per heavy atom. The highest BCUT2D eigenvalue weighted by molar-refractivity contribution is 5.06. The van der Waals surface area contributed by atoms with E-state index in [0.29, 0.717) is 5.92 Å². The molecule has 5 rings (SSSR count). The van der Waals surface area contributed by atoms with E-state index in [9.17, 15) is 5.11 Å². The summed E-state index contributed by atoms with van der Waals surface area (Å²) in [7, 11) is 1.99. The van der Waals surface area contributed by atoms with Gasteiger partial charge in [0.1, 0.15) is 11.9 Å². The van der Waals surface area contributed by atoms with Crippen LogP contribution in [-0.4, -0.2) is 14.7 Å². The number of nitrogens with zero attached hydrogens (tertiary/aromatic N) is 2. The topological polar surface area (TPSA) is 38.0 Å². The molecule has 1 aromatic rings. The third-order valence-corrected chi connectivity index (χ3v) is 5.79. The van der Waals surface area contributed by atoms with E-state index in [2.05, 4.69) is 4.98 Å². The minimum atomic E-state index is -0.347. The molecule has 4 fully saturated rings. The normalized spacial score (nSPS) is 43.3. The average Bonchev–Trinajstić information content (AvgIpc) is 2.73. The van der Waals surface area contributed by atoms with Crippen LogP contribution in [0.4, 0.5) is 0 Å². The summed E-state index contributed by atoms with van der Waals surface area (Å²) in [5.41, 5.74) is 0. The van der Waals surface area contributed by atoms with Crippen molar-refractivity contribution in [3.63, 3.8) is 0 Å². The number of imidazole rings is 1. The summed E-state index contributed by atoms with van der Waals surface area (Å²) in [5, 5.41) is 10.7. The molecule has 1 aromatic heterocycles. The molecule has 3 heteroatoms. The maximum absolute atomic E-state index is 10.7. The fourth-order valence-electron chi connectivity index (χ4n) is 5.32. The van der Waals surface area contributed by atoms with E-state index in [0.717, 1.165) is 29.5 Å². The fraction of sp³-hybridized carbons (Fsp3) is 0.800. The van der Waals surface area contributed by atoms with Gasteiger partial charge in [-0.05, 0) is 61.7 Å². The molecule has 3 nitrogen and oxygen atoms in total. The minimum Gasteiger partial charge on any atom is -0.385 e. The van der Waals surface area contributed by atoms with Gasteiger partial charge in [-0.25, -0.2) is 4.98 Å². The third-order valence-electron chi connectivity index (χ3n) is 5.79. The maximum atomic E-state index is 10.7. The number of aliphatic hydroxyl groups excluding tert-OH is 1. The second-order valence-corrected chi connectivity index (χ2v) is 6.85. The number of aliphatic hydroxyl groups is 1. The first-order chi connectivity index (χ1) is 8.72. The van der Waals surface area contributed by atoms with Gasteiger partial charge < -0.3 is 9.67 Å². The smallest absolute Gasteiger partial charge is 0.137 e. The van der Waals surface area contributed by atoms with Crippen molar-refractivity contribution in [2.24, 2.45) is 36.6 Å². The number of aryl methyl sites for hydroxylation is 1. The molecule has 4 aliphatic carbocycles. The fourth-order valence-corrected chi connectivity index (χ4v) is 5.32. The Bertz CT molecular complexity index is 425. The first-order valence-electron chi connectivity index (χ1n) is 7.37. The van der Waals surface area contributed by atoms with Crippen molar-refractivity contribution in [3.8, 4) is 0 Å². The van der Waals surface area contributed by atoms with Crippen LogP contribution in [0.3, 0.4) is 0 Å². The predicted octanol–water partition coefficient (Wildman–Crippen LogP) is 2.53. The number of rotatable bonds is 2. The van der Waals surface area contributed by atoms with E-state index in [-0.39, 0.29) is 6.10 Å². The standard InChI is InChI=1S/C15H22N2O/c1-17-3-2-16-15(17)14(18)13-11-5-9-4-10(7-11)8-12(13)6-9/h2-3,9-14,18H,4-8H2,1H3. The summed E-state index contributed by atoms with van der Waals surface area (Å²) in [5.74, 6) is 4.79. The largest absolute Gasteiger partial charge is 0.385 e. The zero-order valence-electron chi connectivity index (χ0n) is 11.0. The number of aromatic nitrogens is 2. The minimum absolute atomic E-state index is 0.347. The molecule has 0 spiro atoms. The Morgan fingerprint density at radius 2 is 1.78 bits per heavy atom. The van der Waals surface area contributed by atoms with Crippen LogP contribution in [0.1, 0.15) is 44.0 Å². The van der Waals surface area contributed by atoms with Gasteiger partial charge in [0.15, 0.2) is 0 Å². The first kappa shape index (κ1) is 11.0. The van der Waals surface area contributed by atoms with Crippen molar-refractivity contribution in [2.75, 3.05) is 0 Å². The van der Waals surface area contributed by atoms with Crippen LogP contribution in [-0.2, 0) is 7.05 Å². The molecule has 0 aromatic carbocycles. The Kier molecular flexibility index (Phi) is 2.35. The van der Waals surface area contributed by atoms with E-state index in [1.54, 1.807) is 6.20 Å². The Hall–Kier alpha value is -0.830. The summed E-state index contributed by atoms with van der Waals surface area (Å²) in [6.45, 7) is 0. The summed E-state index contributed by atoms with van der Waals surface area (Å²) >= 11 is 0. The summed E-state index contributed by atoms with van der Waals surface area (Å²) in [6, 6.07) is 0. The molecule has 1 unspecified atom stereocenters. The molecule has 18 heavy (non-hydrogen) atoms. The zero-order chi connectivity index (χ0) is 12.3. The van der Waals surface area contributed by atoms with Crippen LogP contribution in [0.15, 0.2) is 12.4 Å². The van der Waals surface area contributed by atoms with Gasteiger partial charge in [-0.15, -0.1) is 0 Å². The van der Waals surface area contributed by atoms with E-state index < -0.39 is 0 Å². The van der Waals surface area contributed by atoms with Gasteiger partial charge in [-0.3, -0.25) is 0 Å². The van der Waals surface area contributed by atoms with E-state index >= 15 is 0 Å². The molecule has 1 atom stereocenters. The van der Waals surface area contributed by atoms with Crippen LogP contribution in [0.2, 0.25) is 0 Å². The zero-order valence-corrected chi connectivity index (χ0v) is 11.0. The van der Waals surface area contributed by atoms with Gasteiger partial charge in [0, 0.05) is 19.4 Å². The molecule has 98 valence electrons. The van der Waals surface area contributed by atoms with Gasteiger partial charge >= 0.3 is 0 Å². The van der Waals surface area contributed by atoms with E-state index in [4.69, 9.17) is 0 Å². The SMILES string of the molecule is Cn1ccnc1C(O)C1C2CC3CC(C2)CC1C3. The van der Waals surface area contributed by atoms with Crippen LogP contribution in [0.25, 0.3) is 0 Å². The van der Waals surface area contributed by atoms with Crippen molar-refractivity contribution in [3.05, 3.63) is 18.2 Å². The molecule has 1 heterocycles. The quantitative estimate of drug-likeness (QED) is 0.870. The van der Waals surface area contributed by atoms with Crippen molar-refractivity contribution in [1.82, 2.24) is 9.55 Å². The lowest BCUT2D eigenvalue weighted by Crippen LogP contribution is -2.47. The van der Waals surface area contributed by atoms with Crippen molar-refractivity contribution in [1.29, 1.82) is 0 Å². The molecule has 0 aliphatic heterocycles. The third kappa shape index (κ3) is 1.49. The summed E-state index contributed by atoms with van der Waals surface area (Å²) in [6.07, 6.45) is 10.3. The molecule has 0 radical (unpaired) electrons. The lowest BCUT2D eigenvalue weighted by Gasteiger charge is -2.55. The van der Waals surface area contributed by atoms with E-state index in [1.165, 1.54) is 32.1 Å². The monoisotopic (exact) mass is 246 g/mol. The molecule has 0 amide bonds. The van der Waals surface area contributed by atoms with Gasteiger partial charge in [-0.1, -0.05) is 0 Å². The van der Waals surface area contributed by atoms with Gasteiger partial charge in [0.05, 0.1) is 0 Å². The van der Waals surface area contributed by atoms with Crippen molar-refractivity contribution < 1.29 is 5.11 Å². The molecular formula is C15H22N2O. The van der Waals surface area contributed by atoms with Gasteiger partial charge in [0.2, 0.25) is 0 Å². The second kappa shape index (κ2) is 3.83. The molecule has 4 bridgehead atoms. The molecule has 0 saturated heterocycles. The Labute approximate surface area is 108 Å².